The van der Waals surface area contributed by atoms with E-state index in [9.17, 15) is 4.79 Å². The van der Waals surface area contributed by atoms with E-state index in [4.69, 9.17) is 0 Å². The van der Waals surface area contributed by atoms with Crippen molar-refractivity contribution in [3.63, 3.8) is 0 Å². The van der Waals surface area contributed by atoms with Crippen LogP contribution in [0.4, 0.5) is 0 Å². The Kier molecular flexibility index (Phi) is 3.32. The molecule has 0 saturated carbocycles. The maximum atomic E-state index is 11.8. The molecule has 0 aliphatic rings. The molecule has 1 aromatic carbocycles. The second-order valence-corrected chi connectivity index (χ2v) is 4.66. The summed E-state index contributed by atoms with van der Waals surface area (Å²) in [6.45, 7) is 5.62. The minimum atomic E-state index is 0.0818. The van der Waals surface area contributed by atoms with Gasteiger partial charge in [0, 0.05) is 18.7 Å². The van der Waals surface area contributed by atoms with Crippen LogP contribution in [0.25, 0.3) is 0 Å². The summed E-state index contributed by atoms with van der Waals surface area (Å²) in [5, 5.41) is 4.50. The predicted octanol–water partition coefficient (Wildman–Crippen LogP) is 3.08. The van der Waals surface area contributed by atoms with Gasteiger partial charge in [0.2, 0.25) is 0 Å². The number of hydrogen-bond acceptors (Lipinski definition) is 2. The topological polar surface area (TPSA) is 34.9 Å². The highest BCUT2D eigenvalue weighted by atomic mass is 16.1. The summed E-state index contributed by atoms with van der Waals surface area (Å²) < 4.78 is 1.78. The van der Waals surface area contributed by atoms with Crippen LogP contribution in [0.2, 0.25) is 0 Å². The Bertz CT molecular complexity index is 570. The van der Waals surface area contributed by atoms with Crippen LogP contribution in [0.3, 0.4) is 0 Å². The van der Waals surface area contributed by atoms with Crippen LogP contribution < -0.4 is 0 Å². The number of aromatic nitrogens is 2. The Hall–Kier alpha value is -1.90. The van der Waals surface area contributed by atoms with Crippen LogP contribution in [-0.4, -0.2) is 15.6 Å². The molecule has 0 N–H and O–H groups in total. The average molecular weight is 242 g/mol. The fourth-order valence-corrected chi connectivity index (χ4v) is 2.27. The molecule has 0 spiro atoms. The summed E-state index contributed by atoms with van der Waals surface area (Å²) in [5.41, 5.74) is 3.74. The van der Waals surface area contributed by atoms with Gasteiger partial charge < -0.3 is 0 Å². The van der Waals surface area contributed by atoms with E-state index in [1.165, 1.54) is 5.56 Å². The van der Waals surface area contributed by atoms with E-state index >= 15 is 0 Å². The molecular weight excluding hydrogens is 224 g/mol. The zero-order valence-corrected chi connectivity index (χ0v) is 11.3. The van der Waals surface area contributed by atoms with Crippen molar-refractivity contribution in [1.82, 2.24) is 9.78 Å². The summed E-state index contributed by atoms with van der Waals surface area (Å²) in [5.74, 6) is 0.211. The number of rotatable bonds is 3. The standard InChI is InChI=1S/C15H18N2O/c1-10(13-8-6-5-7-9-13)15-14(12(3)18)11(2)17(4)16-15/h5-10H,1-4H3. The Labute approximate surface area is 107 Å². The quantitative estimate of drug-likeness (QED) is 0.775. The van der Waals surface area contributed by atoms with Gasteiger partial charge in [0.05, 0.1) is 11.3 Å². The smallest absolute Gasteiger partial charge is 0.163 e. The minimum Gasteiger partial charge on any atom is -0.294 e. The largest absolute Gasteiger partial charge is 0.294 e. The Morgan fingerprint density at radius 1 is 1.28 bits per heavy atom. The number of hydrogen-bond donors (Lipinski definition) is 0. The summed E-state index contributed by atoms with van der Waals surface area (Å²) in [4.78, 5) is 11.8. The van der Waals surface area contributed by atoms with Crippen molar-refractivity contribution in [3.8, 4) is 0 Å². The van der Waals surface area contributed by atoms with Gasteiger partial charge in [-0.2, -0.15) is 5.10 Å². The molecular formula is C15H18N2O. The van der Waals surface area contributed by atoms with Crippen molar-refractivity contribution in [2.24, 2.45) is 7.05 Å². The van der Waals surface area contributed by atoms with Crippen LogP contribution in [0.15, 0.2) is 30.3 Å². The Morgan fingerprint density at radius 3 is 2.44 bits per heavy atom. The lowest BCUT2D eigenvalue weighted by atomic mass is 9.93. The van der Waals surface area contributed by atoms with E-state index in [0.717, 1.165) is 17.0 Å². The van der Waals surface area contributed by atoms with Gasteiger partial charge in [0.25, 0.3) is 0 Å². The second kappa shape index (κ2) is 4.77. The van der Waals surface area contributed by atoms with E-state index < -0.39 is 0 Å². The van der Waals surface area contributed by atoms with Gasteiger partial charge in [-0.1, -0.05) is 37.3 Å². The molecule has 0 saturated heterocycles. The molecule has 2 rings (SSSR count). The third-order valence-electron chi connectivity index (χ3n) is 3.42. The van der Waals surface area contributed by atoms with Crippen LogP contribution in [0, 0.1) is 6.92 Å². The molecule has 0 aliphatic carbocycles. The molecule has 0 aliphatic heterocycles. The van der Waals surface area contributed by atoms with Crippen molar-refractivity contribution in [1.29, 1.82) is 0 Å². The zero-order valence-electron chi connectivity index (χ0n) is 11.3. The third-order valence-corrected chi connectivity index (χ3v) is 3.42. The normalized spacial score (nSPS) is 12.4. The number of nitrogens with zero attached hydrogens (tertiary/aromatic N) is 2. The molecule has 0 amide bonds. The van der Waals surface area contributed by atoms with Gasteiger partial charge in [-0.05, 0) is 19.4 Å². The highest BCUT2D eigenvalue weighted by molar-refractivity contribution is 5.96. The summed E-state index contributed by atoms with van der Waals surface area (Å²) in [6.07, 6.45) is 0. The predicted molar refractivity (Wildman–Crippen MR) is 71.9 cm³/mol. The van der Waals surface area contributed by atoms with Gasteiger partial charge in [-0.15, -0.1) is 0 Å². The van der Waals surface area contributed by atoms with Crippen molar-refractivity contribution in [2.45, 2.75) is 26.7 Å². The van der Waals surface area contributed by atoms with E-state index in [-0.39, 0.29) is 11.7 Å². The van der Waals surface area contributed by atoms with Crippen LogP contribution in [0.5, 0.6) is 0 Å². The summed E-state index contributed by atoms with van der Waals surface area (Å²) >= 11 is 0. The van der Waals surface area contributed by atoms with Crippen LogP contribution in [-0.2, 0) is 7.05 Å². The monoisotopic (exact) mass is 242 g/mol. The lowest BCUT2D eigenvalue weighted by Crippen LogP contribution is -2.04. The number of aryl methyl sites for hydroxylation is 1. The Balaban J connectivity index is 2.52. The van der Waals surface area contributed by atoms with Crippen molar-refractivity contribution < 1.29 is 4.79 Å². The fraction of sp³-hybridized carbons (Fsp3) is 0.333. The van der Waals surface area contributed by atoms with Crippen molar-refractivity contribution >= 4 is 5.78 Å². The molecule has 1 unspecified atom stereocenters. The van der Waals surface area contributed by atoms with Gasteiger partial charge >= 0.3 is 0 Å². The minimum absolute atomic E-state index is 0.0818. The molecule has 0 radical (unpaired) electrons. The lowest BCUT2D eigenvalue weighted by Gasteiger charge is -2.10. The highest BCUT2D eigenvalue weighted by Gasteiger charge is 2.22. The van der Waals surface area contributed by atoms with E-state index in [1.54, 1.807) is 11.6 Å². The third kappa shape index (κ3) is 2.08. The second-order valence-electron chi connectivity index (χ2n) is 4.66. The summed E-state index contributed by atoms with van der Waals surface area (Å²) in [7, 11) is 1.88. The molecule has 2 aromatic rings. The molecule has 1 heterocycles. The fourth-order valence-electron chi connectivity index (χ4n) is 2.27. The first-order chi connectivity index (χ1) is 8.52. The number of ketones is 1. The van der Waals surface area contributed by atoms with Gasteiger partial charge in [0.15, 0.2) is 5.78 Å². The molecule has 0 bridgehead atoms. The van der Waals surface area contributed by atoms with Crippen molar-refractivity contribution in [3.05, 3.63) is 52.8 Å². The van der Waals surface area contributed by atoms with Crippen LogP contribution in [0.1, 0.15) is 47.1 Å². The molecule has 3 nitrogen and oxygen atoms in total. The van der Waals surface area contributed by atoms with Crippen LogP contribution >= 0.6 is 0 Å². The van der Waals surface area contributed by atoms with E-state index in [2.05, 4.69) is 24.2 Å². The molecule has 0 fully saturated rings. The molecule has 18 heavy (non-hydrogen) atoms. The first kappa shape index (κ1) is 12.6. The first-order valence-electron chi connectivity index (χ1n) is 6.11. The highest BCUT2D eigenvalue weighted by Crippen LogP contribution is 2.27. The summed E-state index contributed by atoms with van der Waals surface area (Å²) in [6, 6.07) is 10.1. The average Bonchev–Trinajstić information content (AvgIpc) is 2.66. The Morgan fingerprint density at radius 2 is 1.89 bits per heavy atom. The van der Waals surface area contributed by atoms with Crippen molar-refractivity contribution in [2.75, 3.05) is 0 Å². The molecule has 1 atom stereocenters. The van der Waals surface area contributed by atoms with Gasteiger partial charge in [0.1, 0.15) is 0 Å². The molecule has 3 heteroatoms. The number of carbonyl (C=O) groups excluding carboxylic acids is 1. The number of Topliss-reactive ketones (excluding diaryl/α,β-unsaturated/α-hetero) is 1. The molecule has 94 valence electrons. The number of carbonyl (C=O) groups is 1. The van der Waals surface area contributed by atoms with E-state index in [0.29, 0.717) is 0 Å². The van der Waals surface area contributed by atoms with E-state index in [1.807, 2.05) is 32.2 Å². The SMILES string of the molecule is CC(=O)c1c(C(C)c2ccccc2)nn(C)c1C. The van der Waals surface area contributed by atoms with Gasteiger partial charge in [-0.25, -0.2) is 0 Å². The number of benzene rings is 1. The van der Waals surface area contributed by atoms with Gasteiger partial charge in [-0.3, -0.25) is 9.48 Å². The zero-order chi connectivity index (χ0) is 13.3. The maximum Gasteiger partial charge on any atom is 0.163 e. The maximum absolute atomic E-state index is 11.8. The first-order valence-corrected chi connectivity index (χ1v) is 6.11. The molecule has 1 aromatic heterocycles. The lowest BCUT2D eigenvalue weighted by molar-refractivity contribution is 0.101.